The molecule has 1 N–H and O–H groups in total. The van der Waals surface area contributed by atoms with Gasteiger partial charge in [0.05, 0.1) is 11.1 Å². The van der Waals surface area contributed by atoms with Gasteiger partial charge in [0.25, 0.3) is 5.91 Å². The van der Waals surface area contributed by atoms with E-state index in [9.17, 15) is 9.18 Å². The number of hydrogen-bond acceptors (Lipinski definition) is 3. The molecule has 2 aromatic carbocycles. The Balaban J connectivity index is 1.95. The van der Waals surface area contributed by atoms with E-state index in [1.807, 2.05) is 50.2 Å². The van der Waals surface area contributed by atoms with Gasteiger partial charge in [0.15, 0.2) is 0 Å². The summed E-state index contributed by atoms with van der Waals surface area (Å²) in [4.78, 5) is 19.0. The molecule has 1 aromatic heterocycles. The number of pyridine rings is 1. The predicted molar refractivity (Wildman–Crippen MR) is 95.2 cm³/mol. The van der Waals surface area contributed by atoms with Crippen molar-refractivity contribution < 1.29 is 9.18 Å². The summed E-state index contributed by atoms with van der Waals surface area (Å²) >= 11 is 0. The van der Waals surface area contributed by atoms with Crippen molar-refractivity contribution in [2.75, 3.05) is 24.3 Å². The predicted octanol–water partition coefficient (Wildman–Crippen LogP) is 4.00. The van der Waals surface area contributed by atoms with Crippen LogP contribution in [-0.4, -0.2) is 25.0 Å². The normalized spacial score (nSPS) is 10.7. The number of halogens is 1. The monoisotopic (exact) mass is 323 g/mol. The number of aromatic nitrogens is 1. The SMILES string of the molecule is Cc1cc(C(=O)Nc2ccc(N(C)C)cc2)c2cc(F)ccc2n1. The third-order valence-corrected chi connectivity index (χ3v) is 3.78. The molecule has 0 spiro atoms. The smallest absolute Gasteiger partial charge is 0.256 e. The Labute approximate surface area is 139 Å². The third kappa shape index (κ3) is 3.20. The number of nitrogens with zero attached hydrogens (tertiary/aromatic N) is 2. The topological polar surface area (TPSA) is 45.2 Å². The summed E-state index contributed by atoms with van der Waals surface area (Å²) in [6, 6.07) is 13.5. The van der Waals surface area contributed by atoms with Crippen LogP contribution in [0, 0.1) is 12.7 Å². The summed E-state index contributed by atoms with van der Waals surface area (Å²) < 4.78 is 13.6. The number of rotatable bonds is 3. The molecule has 3 aromatic rings. The third-order valence-electron chi connectivity index (χ3n) is 3.78. The van der Waals surface area contributed by atoms with Crippen molar-refractivity contribution in [2.24, 2.45) is 0 Å². The lowest BCUT2D eigenvalue weighted by Crippen LogP contribution is -2.14. The largest absolute Gasteiger partial charge is 0.378 e. The van der Waals surface area contributed by atoms with E-state index in [4.69, 9.17) is 0 Å². The lowest BCUT2D eigenvalue weighted by atomic mass is 10.1. The number of carbonyl (C=O) groups is 1. The second kappa shape index (κ2) is 6.28. The minimum absolute atomic E-state index is 0.284. The number of carbonyl (C=O) groups excluding carboxylic acids is 1. The van der Waals surface area contributed by atoms with Crippen molar-refractivity contribution in [3.05, 3.63) is 65.6 Å². The van der Waals surface area contributed by atoms with Crippen molar-refractivity contribution in [1.29, 1.82) is 0 Å². The number of aryl methyl sites for hydroxylation is 1. The Morgan fingerprint density at radius 1 is 1.08 bits per heavy atom. The maximum atomic E-state index is 13.6. The van der Waals surface area contributed by atoms with Gasteiger partial charge in [-0.2, -0.15) is 0 Å². The van der Waals surface area contributed by atoms with Crippen LogP contribution in [-0.2, 0) is 0 Å². The van der Waals surface area contributed by atoms with Gasteiger partial charge in [-0.05, 0) is 55.5 Å². The Bertz CT molecular complexity index is 904. The van der Waals surface area contributed by atoms with Crippen LogP contribution in [0.2, 0.25) is 0 Å². The van der Waals surface area contributed by atoms with Gasteiger partial charge in [-0.1, -0.05) is 0 Å². The zero-order chi connectivity index (χ0) is 17.3. The van der Waals surface area contributed by atoms with Gasteiger partial charge in [-0.15, -0.1) is 0 Å². The van der Waals surface area contributed by atoms with Gasteiger partial charge in [-0.25, -0.2) is 4.39 Å². The first-order chi connectivity index (χ1) is 11.4. The van der Waals surface area contributed by atoms with E-state index < -0.39 is 5.82 Å². The van der Waals surface area contributed by atoms with Gasteiger partial charge in [-0.3, -0.25) is 9.78 Å². The summed E-state index contributed by atoms with van der Waals surface area (Å²) in [6.07, 6.45) is 0. The molecule has 0 radical (unpaired) electrons. The molecule has 4 nitrogen and oxygen atoms in total. The van der Waals surface area contributed by atoms with Crippen molar-refractivity contribution in [3.63, 3.8) is 0 Å². The van der Waals surface area contributed by atoms with Crippen LogP contribution in [0.3, 0.4) is 0 Å². The molecule has 5 heteroatoms. The minimum Gasteiger partial charge on any atom is -0.378 e. The molecular weight excluding hydrogens is 305 g/mol. The number of anilines is 2. The molecule has 0 aliphatic carbocycles. The Kier molecular flexibility index (Phi) is 4.16. The molecule has 0 atom stereocenters. The first-order valence-electron chi connectivity index (χ1n) is 7.60. The fourth-order valence-corrected chi connectivity index (χ4v) is 2.56. The van der Waals surface area contributed by atoms with Crippen LogP contribution in [0.1, 0.15) is 16.1 Å². The van der Waals surface area contributed by atoms with E-state index in [-0.39, 0.29) is 5.91 Å². The average Bonchev–Trinajstić information content (AvgIpc) is 2.55. The highest BCUT2D eigenvalue weighted by atomic mass is 19.1. The van der Waals surface area contributed by atoms with Gasteiger partial charge < -0.3 is 10.2 Å². The Morgan fingerprint density at radius 3 is 2.46 bits per heavy atom. The molecule has 24 heavy (non-hydrogen) atoms. The van der Waals surface area contributed by atoms with E-state index in [1.54, 1.807) is 12.1 Å². The summed E-state index contributed by atoms with van der Waals surface area (Å²) in [5.41, 5.74) is 3.45. The maximum absolute atomic E-state index is 13.6. The van der Waals surface area contributed by atoms with Gasteiger partial charge in [0, 0.05) is 36.6 Å². The molecule has 0 fully saturated rings. The molecule has 0 bridgehead atoms. The fourth-order valence-electron chi connectivity index (χ4n) is 2.56. The van der Waals surface area contributed by atoms with E-state index in [0.717, 1.165) is 5.69 Å². The second-order valence-electron chi connectivity index (χ2n) is 5.87. The van der Waals surface area contributed by atoms with Gasteiger partial charge in [0.1, 0.15) is 5.82 Å². The Hall–Kier alpha value is -2.95. The molecule has 0 aliphatic rings. The molecule has 0 saturated carbocycles. The van der Waals surface area contributed by atoms with Crippen molar-refractivity contribution in [1.82, 2.24) is 4.98 Å². The first kappa shape index (κ1) is 15.9. The molecule has 3 rings (SSSR count). The van der Waals surface area contributed by atoms with Crippen LogP contribution >= 0.6 is 0 Å². The second-order valence-corrected chi connectivity index (χ2v) is 5.87. The standard InChI is InChI=1S/C19H18FN3O/c1-12-10-17(16-11-13(20)4-9-18(16)21-12)19(24)22-14-5-7-15(8-6-14)23(2)3/h4-11H,1-3H3,(H,22,24). The van der Waals surface area contributed by atoms with E-state index in [2.05, 4.69) is 10.3 Å². The van der Waals surface area contributed by atoms with Crippen molar-refractivity contribution in [3.8, 4) is 0 Å². The van der Waals surface area contributed by atoms with Crippen molar-refractivity contribution >= 4 is 28.2 Å². The van der Waals surface area contributed by atoms with Crippen LogP contribution in [0.15, 0.2) is 48.5 Å². The number of benzene rings is 2. The number of hydrogen-bond donors (Lipinski definition) is 1. The summed E-state index contributed by atoms with van der Waals surface area (Å²) in [7, 11) is 3.90. The maximum Gasteiger partial charge on any atom is 0.256 e. The van der Waals surface area contributed by atoms with Gasteiger partial charge in [0.2, 0.25) is 0 Å². The van der Waals surface area contributed by atoms with Crippen LogP contribution in [0.5, 0.6) is 0 Å². The summed E-state index contributed by atoms with van der Waals surface area (Å²) in [5.74, 6) is -0.675. The number of fused-ring (bicyclic) bond motifs is 1. The molecule has 1 amide bonds. The Morgan fingerprint density at radius 2 is 1.79 bits per heavy atom. The van der Waals surface area contributed by atoms with E-state index in [0.29, 0.717) is 27.8 Å². The fraction of sp³-hybridized carbons (Fsp3) is 0.158. The van der Waals surface area contributed by atoms with Crippen LogP contribution in [0.4, 0.5) is 15.8 Å². The lowest BCUT2D eigenvalue weighted by Gasteiger charge is -2.13. The highest BCUT2D eigenvalue weighted by Crippen LogP contribution is 2.22. The summed E-state index contributed by atoms with van der Waals surface area (Å²) in [6.45, 7) is 1.81. The molecule has 122 valence electrons. The minimum atomic E-state index is -0.391. The quantitative estimate of drug-likeness (QED) is 0.792. The zero-order valence-electron chi connectivity index (χ0n) is 13.8. The molecule has 0 saturated heterocycles. The lowest BCUT2D eigenvalue weighted by molar-refractivity contribution is 0.102. The number of amides is 1. The van der Waals surface area contributed by atoms with E-state index >= 15 is 0 Å². The van der Waals surface area contributed by atoms with Crippen LogP contribution in [0.25, 0.3) is 10.9 Å². The summed E-state index contributed by atoms with van der Waals surface area (Å²) in [5, 5.41) is 3.36. The number of nitrogens with one attached hydrogen (secondary N) is 1. The van der Waals surface area contributed by atoms with Crippen molar-refractivity contribution in [2.45, 2.75) is 6.92 Å². The molecule has 0 unspecified atom stereocenters. The molecule has 1 heterocycles. The van der Waals surface area contributed by atoms with Crippen LogP contribution < -0.4 is 10.2 Å². The van der Waals surface area contributed by atoms with Gasteiger partial charge >= 0.3 is 0 Å². The molecular formula is C19H18FN3O. The highest BCUT2D eigenvalue weighted by molar-refractivity contribution is 6.12. The zero-order valence-corrected chi connectivity index (χ0v) is 13.8. The average molecular weight is 323 g/mol. The molecule has 0 aliphatic heterocycles. The van der Waals surface area contributed by atoms with E-state index in [1.165, 1.54) is 12.1 Å². The first-order valence-corrected chi connectivity index (χ1v) is 7.60. The highest BCUT2D eigenvalue weighted by Gasteiger charge is 2.13.